The Hall–Kier alpha value is -1.10. The third kappa shape index (κ3) is 3.14. The van der Waals surface area contributed by atoms with Crippen LogP contribution in [0.3, 0.4) is 0 Å². The number of carbonyl (C=O) groups is 2. The van der Waals surface area contributed by atoms with E-state index in [9.17, 15) is 9.59 Å². The fourth-order valence-corrected chi connectivity index (χ4v) is 3.21. The smallest absolute Gasteiger partial charge is 0.242 e. The van der Waals surface area contributed by atoms with Crippen LogP contribution in [0.5, 0.6) is 0 Å². The summed E-state index contributed by atoms with van der Waals surface area (Å²) in [5.74, 6) is -0.0650. The van der Waals surface area contributed by atoms with E-state index < -0.39 is 5.54 Å². The molecule has 0 radical (unpaired) electrons. The Morgan fingerprint density at radius 2 is 1.70 bits per heavy atom. The summed E-state index contributed by atoms with van der Waals surface area (Å²) in [6.07, 6.45) is 8.32. The third-order valence-electron chi connectivity index (χ3n) is 4.91. The van der Waals surface area contributed by atoms with Gasteiger partial charge in [-0.05, 0) is 32.1 Å². The minimum atomic E-state index is -0.710. The molecule has 0 aromatic heterocycles. The number of likely N-dealkylation sites (N-methyl/N-ethyl adjacent to an activating group) is 2. The van der Waals surface area contributed by atoms with Gasteiger partial charge in [0.25, 0.3) is 0 Å². The van der Waals surface area contributed by atoms with Crippen molar-refractivity contribution in [2.24, 2.45) is 5.73 Å². The maximum atomic E-state index is 12.3. The normalized spacial score (nSPS) is 21.9. The van der Waals surface area contributed by atoms with Gasteiger partial charge in [-0.15, -0.1) is 0 Å². The van der Waals surface area contributed by atoms with Crippen molar-refractivity contribution >= 4 is 11.8 Å². The predicted octanol–water partition coefficient (Wildman–Crippen LogP) is 1.12. The first-order valence-electron chi connectivity index (χ1n) is 7.74. The lowest BCUT2D eigenvalue weighted by Crippen LogP contribution is -2.60. The van der Waals surface area contributed by atoms with Gasteiger partial charge in [0, 0.05) is 20.1 Å². The molecular formula is C15H27N3O2. The molecule has 0 spiro atoms. The number of rotatable bonds is 4. The van der Waals surface area contributed by atoms with Crippen LogP contribution in [0.15, 0.2) is 0 Å². The van der Waals surface area contributed by atoms with E-state index in [2.05, 4.69) is 0 Å². The van der Waals surface area contributed by atoms with Crippen LogP contribution in [0.2, 0.25) is 0 Å². The Morgan fingerprint density at radius 3 is 2.20 bits per heavy atom. The van der Waals surface area contributed by atoms with Crippen LogP contribution in [0.1, 0.15) is 51.4 Å². The lowest BCUT2D eigenvalue weighted by atomic mass is 9.76. The van der Waals surface area contributed by atoms with Gasteiger partial charge in [0.1, 0.15) is 0 Å². The topological polar surface area (TPSA) is 66.6 Å². The second-order valence-electron chi connectivity index (χ2n) is 6.47. The van der Waals surface area contributed by atoms with E-state index in [1.165, 1.54) is 24.2 Å². The Labute approximate surface area is 121 Å². The molecule has 0 bridgehead atoms. The van der Waals surface area contributed by atoms with Crippen molar-refractivity contribution in [1.82, 2.24) is 9.80 Å². The maximum Gasteiger partial charge on any atom is 0.242 e. The predicted molar refractivity (Wildman–Crippen MR) is 78.0 cm³/mol. The highest BCUT2D eigenvalue weighted by atomic mass is 16.2. The maximum absolute atomic E-state index is 12.3. The highest BCUT2D eigenvalue weighted by Gasteiger charge is 2.42. The molecule has 2 fully saturated rings. The van der Waals surface area contributed by atoms with Crippen molar-refractivity contribution in [3.63, 3.8) is 0 Å². The molecule has 0 aliphatic heterocycles. The minimum absolute atomic E-state index is 0.0238. The summed E-state index contributed by atoms with van der Waals surface area (Å²) in [5, 5.41) is 0. The SMILES string of the molecule is CN(CC(=O)N(C)C1CCCCC1)C(=O)C1(N)CCC1. The molecule has 114 valence electrons. The van der Waals surface area contributed by atoms with Crippen LogP contribution in [0, 0.1) is 0 Å². The molecular weight excluding hydrogens is 254 g/mol. The summed E-state index contributed by atoms with van der Waals surface area (Å²) in [6, 6.07) is 0.343. The van der Waals surface area contributed by atoms with Gasteiger partial charge in [-0.3, -0.25) is 9.59 Å². The molecule has 0 heterocycles. The highest BCUT2D eigenvalue weighted by Crippen LogP contribution is 2.30. The molecule has 2 saturated carbocycles. The van der Waals surface area contributed by atoms with Crippen molar-refractivity contribution < 1.29 is 9.59 Å². The quantitative estimate of drug-likeness (QED) is 0.839. The van der Waals surface area contributed by atoms with E-state index in [1.54, 1.807) is 7.05 Å². The van der Waals surface area contributed by atoms with E-state index >= 15 is 0 Å². The molecule has 0 saturated heterocycles. The van der Waals surface area contributed by atoms with Crippen LogP contribution in [0.25, 0.3) is 0 Å². The zero-order chi connectivity index (χ0) is 14.8. The Bertz CT molecular complexity index is 373. The highest BCUT2D eigenvalue weighted by molar-refractivity contribution is 5.90. The minimum Gasteiger partial charge on any atom is -0.341 e. The van der Waals surface area contributed by atoms with Gasteiger partial charge in [-0.2, -0.15) is 0 Å². The van der Waals surface area contributed by atoms with Crippen LogP contribution in [0.4, 0.5) is 0 Å². The summed E-state index contributed by atoms with van der Waals surface area (Å²) in [4.78, 5) is 27.8. The third-order valence-corrected chi connectivity index (χ3v) is 4.91. The van der Waals surface area contributed by atoms with Crippen molar-refractivity contribution in [2.75, 3.05) is 20.6 Å². The largest absolute Gasteiger partial charge is 0.341 e. The summed E-state index contributed by atoms with van der Waals surface area (Å²) in [7, 11) is 3.54. The number of nitrogens with zero attached hydrogens (tertiary/aromatic N) is 2. The molecule has 2 aliphatic carbocycles. The average Bonchev–Trinajstić information content (AvgIpc) is 2.43. The molecule has 5 nitrogen and oxygen atoms in total. The summed E-state index contributed by atoms with van der Waals surface area (Å²) >= 11 is 0. The van der Waals surface area contributed by atoms with Gasteiger partial charge < -0.3 is 15.5 Å². The Morgan fingerprint density at radius 1 is 1.10 bits per heavy atom. The number of hydrogen-bond acceptors (Lipinski definition) is 3. The van der Waals surface area contributed by atoms with Crippen molar-refractivity contribution in [3.05, 3.63) is 0 Å². The first-order valence-corrected chi connectivity index (χ1v) is 7.74. The molecule has 2 aliphatic rings. The van der Waals surface area contributed by atoms with Crippen molar-refractivity contribution in [2.45, 2.75) is 62.9 Å². The van der Waals surface area contributed by atoms with Gasteiger partial charge in [0.15, 0.2) is 0 Å². The monoisotopic (exact) mass is 281 g/mol. The number of amides is 2. The summed E-state index contributed by atoms with van der Waals surface area (Å²) in [5.41, 5.74) is 5.32. The van der Waals surface area contributed by atoms with Crippen LogP contribution >= 0.6 is 0 Å². The molecule has 5 heteroatoms. The fraction of sp³-hybridized carbons (Fsp3) is 0.867. The molecule has 0 aromatic rings. The van der Waals surface area contributed by atoms with Crippen LogP contribution in [-0.4, -0.2) is 53.8 Å². The first-order chi connectivity index (χ1) is 9.44. The summed E-state index contributed by atoms with van der Waals surface area (Å²) < 4.78 is 0. The van der Waals surface area contributed by atoms with Gasteiger partial charge >= 0.3 is 0 Å². The number of carbonyl (C=O) groups excluding carboxylic acids is 2. The molecule has 2 rings (SSSR count). The lowest BCUT2D eigenvalue weighted by Gasteiger charge is -2.39. The number of nitrogens with two attached hydrogens (primary N) is 1. The Balaban J connectivity index is 1.85. The van der Waals surface area contributed by atoms with E-state index in [0.29, 0.717) is 6.04 Å². The fourth-order valence-electron chi connectivity index (χ4n) is 3.21. The van der Waals surface area contributed by atoms with Crippen LogP contribution in [-0.2, 0) is 9.59 Å². The number of hydrogen-bond donors (Lipinski definition) is 1. The van der Waals surface area contributed by atoms with E-state index in [-0.39, 0.29) is 18.4 Å². The van der Waals surface area contributed by atoms with Gasteiger partial charge in [-0.1, -0.05) is 19.3 Å². The standard InChI is InChI=1S/C15H27N3O2/c1-17(14(20)15(16)9-6-10-15)11-13(19)18(2)12-7-4-3-5-8-12/h12H,3-11,16H2,1-2H3. The van der Waals surface area contributed by atoms with Gasteiger partial charge in [0.05, 0.1) is 12.1 Å². The molecule has 0 unspecified atom stereocenters. The molecule has 2 amide bonds. The van der Waals surface area contributed by atoms with Gasteiger partial charge in [0.2, 0.25) is 11.8 Å². The van der Waals surface area contributed by atoms with Crippen molar-refractivity contribution in [3.8, 4) is 0 Å². The van der Waals surface area contributed by atoms with E-state index in [0.717, 1.165) is 32.1 Å². The second kappa shape index (κ2) is 6.12. The van der Waals surface area contributed by atoms with E-state index in [1.807, 2.05) is 11.9 Å². The average molecular weight is 281 g/mol. The zero-order valence-electron chi connectivity index (χ0n) is 12.7. The molecule has 20 heavy (non-hydrogen) atoms. The summed E-state index contributed by atoms with van der Waals surface area (Å²) in [6.45, 7) is 0.144. The first kappa shape index (κ1) is 15.3. The van der Waals surface area contributed by atoms with Crippen LogP contribution < -0.4 is 5.73 Å². The zero-order valence-corrected chi connectivity index (χ0v) is 12.7. The second-order valence-corrected chi connectivity index (χ2v) is 6.47. The Kier molecular flexibility index (Phi) is 4.68. The molecule has 0 atom stereocenters. The van der Waals surface area contributed by atoms with E-state index in [4.69, 9.17) is 5.73 Å². The molecule has 2 N–H and O–H groups in total. The van der Waals surface area contributed by atoms with Crippen molar-refractivity contribution in [1.29, 1.82) is 0 Å². The van der Waals surface area contributed by atoms with Gasteiger partial charge in [-0.25, -0.2) is 0 Å². The lowest BCUT2D eigenvalue weighted by molar-refractivity contribution is -0.145. The molecule has 0 aromatic carbocycles.